The molecule has 4 heteroatoms. The lowest BCUT2D eigenvalue weighted by Crippen LogP contribution is -2.49. The molecule has 1 aromatic carbocycles. The molecule has 0 saturated carbocycles. The number of carbonyl (C=O) groups excluding carboxylic acids is 1. The van der Waals surface area contributed by atoms with Crippen LogP contribution in [0, 0.1) is 0 Å². The molecule has 4 rings (SSSR count). The fraction of sp³-hybridized carbons (Fsp3) is 0.632. The molecule has 1 aliphatic carbocycles. The van der Waals surface area contributed by atoms with Crippen LogP contribution in [0.2, 0.25) is 0 Å². The summed E-state index contributed by atoms with van der Waals surface area (Å²) >= 11 is 1.70. The molecule has 1 aromatic rings. The molecule has 2 aliphatic heterocycles. The fourth-order valence-electron chi connectivity index (χ4n) is 4.43. The largest absolute Gasteiger partial charge is 0.342 e. The van der Waals surface area contributed by atoms with Gasteiger partial charge in [-0.25, -0.2) is 0 Å². The summed E-state index contributed by atoms with van der Waals surface area (Å²) in [6.45, 7) is 0. The Bertz CT molecular complexity index is 591. The van der Waals surface area contributed by atoms with Gasteiger partial charge in [-0.1, -0.05) is 6.07 Å². The number of nitrogens with zero attached hydrogens (tertiary/aromatic N) is 1. The second-order valence-corrected chi connectivity index (χ2v) is 8.39. The number of amides is 1. The maximum absolute atomic E-state index is 12.6. The highest BCUT2D eigenvalue weighted by atomic mass is 32.2. The van der Waals surface area contributed by atoms with Crippen LogP contribution in [0.1, 0.15) is 43.2 Å². The van der Waals surface area contributed by atoms with Crippen LogP contribution in [0.15, 0.2) is 23.1 Å². The van der Waals surface area contributed by atoms with Gasteiger partial charge in [0, 0.05) is 30.1 Å². The topological polar surface area (TPSA) is 32.3 Å². The van der Waals surface area contributed by atoms with Crippen LogP contribution in [-0.4, -0.2) is 41.7 Å². The van der Waals surface area contributed by atoms with Crippen molar-refractivity contribution in [3.63, 3.8) is 0 Å². The second kappa shape index (κ2) is 6.48. The molecule has 3 aliphatic rings. The van der Waals surface area contributed by atoms with Gasteiger partial charge in [0.1, 0.15) is 0 Å². The average Bonchev–Trinajstić information content (AvgIpc) is 3.17. The predicted molar refractivity (Wildman–Crippen MR) is 94.9 cm³/mol. The van der Waals surface area contributed by atoms with Gasteiger partial charge in [0.25, 0.3) is 0 Å². The molecule has 2 bridgehead atoms. The van der Waals surface area contributed by atoms with Crippen molar-refractivity contribution in [1.29, 1.82) is 0 Å². The molecule has 124 valence electrons. The number of carbonyl (C=O) groups is 1. The molecule has 3 nitrogen and oxygen atoms in total. The summed E-state index contributed by atoms with van der Waals surface area (Å²) in [5.41, 5.74) is 2.99. The van der Waals surface area contributed by atoms with Crippen molar-refractivity contribution in [2.75, 3.05) is 12.8 Å². The summed E-state index contributed by atoms with van der Waals surface area (Å²) in [6.07, 6.45) is 8.53. The number of piperidine rings is 1. The lowest BCUT2D eigenvalue weighted by atomic mass is 9.98. The quantitative estimate of drug-likeness (QED) is 0.862. The summed E-state index contributed by atoms with van der Waals surface area (Å²) in [5, 5.41) is 3.65. The Morgan fingerprint density at radius 3 is 2.74 bits per heavy atom. The number of benzene rings is 1. The van der Waals surface area contributed by atoms with Crippen LogP contribution >= 0.6 is 11.8 Å². The van der Waals surface area contributed by atoms with Crippen molar-refractivity contribution in [3.05, 3.63) is 29.3 Å². The minimum Gasteiger partial charge on any atom is -0.342 e. The Morgan fingerprint density at radius 2 is 1.96 bits per heavy atom. The SMILES string of the molecule is CN(C(=O)CSc1ccc2c(c1)CCC2)C1CC2CCC(C1)N2. The normalized spacial score (nSPS) is 28.7. The first-order valence-electron chi connectivity index (χ1n) is 8.95. The summed E-state index contributed by atoms with van der Waals surface area (Å²) in [4.78, 5) is 15.8. The summed E-state index contributed by atoms with van der Waals surface area (Å²) in [5.74, 6) is 0.843. The van der Waals surface area contributed by atoms with E-state index in [4.69, 9.17) is 0 Å². The molecule has 23 heavy (non-hydrogen) atoms. The van der Waals surface area contributed by atoms with E-state index < -0.39 is 0 Å². The molecule has 0 radical (unpaired) electrons. The zero-order valence-corrected chi connectivity index (χ0v) is 14.7. The van der Waals surface area contributed by atoms with Gasteiger partial charge in [0.2, 0.25) is 5.91 Å². The Morgan fingerprint density at radius 1 is 1.22 bits per heavy atom. The van der Waals surface area contributed by atoms with Gasteiger partial charge in [-0.05, 0) is 68.2 Å². The van der Waals surface area contributed by atoms with E-state index in [1.54, 1.807) is 11.8 Å². The van der Waals surface area contributed by atoms with Gasteiger partial charge in [0.05, 0.1) is 5.75 Å². The lowest BCUT2D eigenvalue weighted by Gasteiger charge is -2.35. The van der Waals surface area contributed by atoms with E-state index in [2.05, 4.69) is 23.5 Å². The van der Waals surface area contributed by atoms with E-state index in [0.29, 0.717) is 23.9 Å². The first-order valence-corrected chi connectivity index (χ1v) is 9.94. The highest BCUT2D eigenvalue weighted by Crippen LogP contribution is 2.31. The maximum atomic E-state index is 12.6. The minimum atomic E-state index is 0.279. The van der Waals surface area contributed by atoms with Crippen LogP contribution in [0.5, 0.6) is 0 Å². The van der Waals surface area contributed by atoms with Gasteiger partial charge < -0.3 is 10.2 Å². The number of hydrogen-bond donors (Lipinski definition) is 1. The molecule has 0 spiro atoms. The number of thioether (sulfide) groups is 1. The zero-order chi connectivity index (χ0) is 15.8. The van der Waals surface area contributed by atoms with Crippen LogP contribution < -0.4 is 5.32 Å². The summed E-state index contributed by atoms with van der Waals surface area (Å²) in [7, 11) is 2.00. The van der Waals surface area contributed by atoms with E-state index in [1.165, 1.54) is 48.1 Å². The first kappa shape index (κ1) is 15.5. The number of hydrogen-bond acceptors (Lipinski definition) is 3. The van der Waals surface area contributed by atoms with Crippen molar-refractivity contribution >= 4 is 17.7 Å². The minimum absolute atomic E-state index is 0.279. The van der Waals surface area contributed by atoms with Crippen LogP contribution in [-0.2, 0) is 17.6 Å². The van der Waals surface area contributed by atoms with Gasteiger partial charge >= 0.3 is 0 Å². The highest BCUT2D eigenvalue weighted by Gasteiger charge is 2.36. The molecular weight excluding hydrogens is 304 g/mol. The molecule has 2 saturated heterocycles. The van der Waals surface area contributed by atoms with Crippen molar-refractivity contribution in [1.82, 2.24) is 10.2 Å². The van der Waals surface area contributed by atoms with E-state index in [9.17, 15) is 4.79 Å². The molecular formula is C19H26N2OS. The van der Waals surface area contributed by atoms with Crippen molar-refractivity contribution in [2.45, 2.75) is 68.0 Å². The van der Waals surface area contributed by atoms with Gasteiger partial charge in [-0.15, -0.1) is 11.8 Å². The number of fused-ring (bicyclic) bond motifs is 3. The Hall–Kier alpha value is -1.00. The van der Waals surface area contributed by atoms with Crippen LogP contribution in [0.4, 0.5) is 0 Å². The number of rotatable bonds is 4. The van der Waals surface area contributed by atoms with Crippen LogP contribution in [0.3, 0.4) is 0 Å². The first-order chi connectivity index (χ1) is 11.2. The smallest absolute Gasteiger partial charge is 0.232 e. The third-order valence-corrected chi connectivity index (χ3v) is 6.80. The van der Waals surface area contributed by atoms with E-state index >= 15 is 0 Å². The summed E-state index contributed by atoms with van der Waals surface area (Å²) in [6, 6.07) is 8.44. The molecule has 2 unspecified atom stereocenters. The lowest BCUT2D eigenvalue weighted by molar-refractivity contribution is -0.129. The van der Waals surface area contributed by atoms with Gasteiger partial charge in [-0.3, -0.25) is 4.79 Å². The fourth-order valence-corrected chi connectivity index (χ4v) is 5.32. The number of aryl methyl sites for hydroxylation is 2. The summed E-state index contributed by atoms with van der Waals surface area (Å²) < 4.78 is 0. The zero-order valence-electron chi connectivity index (χ0n) is 13.9. The highest BCUT2D eigenvalue weighted by molar-refractivity contribution is 8.00. The van der Waals surface area contributed by atoms with E-state index in [-0.39, 0.29) is 5.91 Å². The molecule has 0 aromatic heterocycles. The Balaban J connectivity index is 1.32. The predicted octanol–water partition coefficient (Wildman–Crippen LogP) is 3.01. The standard InChI is InChI=1S/C19H26N2OS/c1-21(17-10-15-6-7-16(11-17)20-15)19(22)12-23-18-8-5-13-3-2-4-14(13)9-18/h5,8-9,15-17,20H,2-4,6-7,10-12H2,1H3. The molecule has 2 fully saturated rings. The maximum Gasteiger partial charge on any atom is 0.232 e. The average molecular weight is 330 g/mol. The van der Waals surface area contributed by atoms with Crippen molar-refractivity contribution in [2.24, 2.45) is 0 Å². The van der Waals surface area contributed by atoms with Gasteiger partial charge in [0.15, 0.2) is 0 Å². The van der Waals surface area contributed by atoms with Gasteiger partial charge in [-0.2, -0.15) is 0 Å². The van der Waals surface area contributed by atoms with Crippen LogP contribution in [0.25, 0.3) is 0 Å². The van der Waals surface area contributed by atoms with Crippen molar-refractivity contribution in [3.8, 4) is 0 Å². The molecule has 2 heterocycles. The third-order valence-electron chi connectivity index (χ3n) is 5.82. The van der Waals surface area contributed by atoms with Crippen molar-refractivity contribution < 1.29 is 4.79 Å². The molecule has 2 atom stereocenters. The number of nitrogens with one attached hydrogen (secondary N) is 1. The Labute approximate surface area is 143 Å². The Kier molecular flexibility index (Phi) is 4.37. The second-order valence-electron chi connectivity index (χ2n) is 7.34. The monoisotopic (exact) mass is 330 g/mol. The molecule has 1 N–H and O–H groups in total. The third kappa shape index (κ3) is 3.29. The van der Waals surface area contributed by atoms with E-state index in [1.807, 2.05) is 11.9 Å². The molecule has 1 amide bonds. The van der Waals surface area contributed by atoms with E-state index in [0.717, 1.165) is 12.8 Å².